The Morgan fingerprint density at radius 3 is 3.08 bits per heavy atom. The third-order valence-corrected chi connectivity index (χ3v) is 5.09. The molecule has 2 aliphatic rings. The highest BCUT2D eigenvalue weighted by atomic mass is 31.2. The molecule has 2 aromatic rings. The number of hydrogen-bond donors (Lipinski definition) is 2. The highest BCUT2D eigenvalue weighted by Crippen LogP contribution is 2.52. The van der Waals surface area contributed by atoms with E-state index in [4.69, 9.17) is 18.7 Å². The minimum atomic E-state index is -3.79. The van der Waals surface area contributed by atoms with Gasteiger partial charge in [-0.15, -0.1) is 0 Å². The fraction of sp³-hybridized carbons (Fsp3) is 0.643. The van der Waals surface area contributed by atoms with Crippen molar-refractivity contribution in [3.8, 4) is 0 Å². The van der Waals surface area contributed by atoms with Gasteiger partial charge in [0.05, 0.1) is 25.9 Å². The fourth-order valence-electron chi connectivity index (χ4n) is 3.41. The summed E-state index contributed by atoms with van der Waals surface area (Å²) in [6, 6.07) is 0. The van der Waals surface area contributed by atoms with Crippen LogP contribution in [-0.2, 0) is 23.3 Å². The van der Waals surface area contributed by atoms with Crippen LogP contribution in [0, 0.1) is 0 Å². The molecule has 2 N–H and O–H groups in total. The second kappa shape index (κ2) is 6.22. The first kappa shape index (κ1) is 17.8. The third kappa shape index (κ3) is 2.81. The number of fused-ring (bicyclic) bond motifs is 3. The summed E-state index contributed by atoms with van der Waals surface area (Å²) in [5.41, 5.74) is -0.914. The monoisotopic (exact) mass is 386 g/mol. The summed E-state index contributed by atoms with van der Waals surface area (Å²) in [6.45, 7) is 3.70. The van der Waals surface area contributed by atoms with E-state index in [1.807, 2.05) is 6.92 Å². The molecule has 2 saturated heterocycles. The van der Waals surface area contributed by atoms with E-state index in [0.29, 0.717) is 12.3 Å². The highest BCUT2D eigenvalue weighted by molar-refractivity contribution is 7.51. The first-order valence-corrected chi connectivity index (χ1v) is 10.1. The SMILES string of the molecule is CCOC[C@]12COC(C1OP(C)(=O)O)[C@H](n1cnc3c(=O)[nH]cnc31)O2. The van der Waals surface area contributed by atoms with E-state index in [1.54, 1.807) is 4.57 Å². The zero-order chi connectivity index (χ0) is 18.5. The largest absolute Gasteiger partial charge is 0.379 e. The molecule has 0 radical (unpaired) electrons. The molecule has 4 heterocycles. The van der Waals surface area contributed by atoms with Crippen LogP contribution in [0.1, 0.15) is 13.2 Å². The molecule has 2 fully saturated rings. The Balaban J connectivity index is 1.73. The average Bonchev–Trinajstić information content (AvgIpc) is 3.23. The van der Waals surface area contributed by atoms with E-state index in [9.17, 15) is 14.3 Å². The summed E-state index contributed by atoms with van der Waals surface area (Å²) in [4.78, 5) is 32.3. The molecule has 2 aromatic heterocycles. The van der Waals surface area contributed by atoms with Crippen molar-refractivity contribution in [1.82, 2.24) is 19.5 Å². The van der Waals surface area contributed by atoms with Crippen LogP contribution in [0.5, 0.6) is 0 Å². The second-order valence-corrected chi connectivity index (χ2v) is 8.19. The van der Waals surface area contributed by atoms with Crippen molar-refractivity contribution >= 4 is 18.8 Å². The van der Waals surface area contributed by atoms with Gasteiger partial charge < -0.3 is 24.1 Å². The van der Waals surface area contributed by atoms with Gasteiger partial charge in [-0.25, -0.2) is 9.97 Å². The van der Waals surface area contributed by atoms with Gasteiger partial charge in [0.15, 0.2) is 17.4 Å². The lowest BCUT2D eigenvalue weighted by Crippen LogP contribution is -2.45. The predicted molar refractivity (Wildman–Crippen MR) is 87.9 cm³/mol. The first-order chi connectivity index (χ1) is 12.3. The maximum atomic E-state index is 11.9. The van der Waals surface area contributed by atoms with Crippen LogP contribution in [0.15, 0.2) is 17.4 Å². The first-order valence-electron chi connectivity index (χ1n) is 8.11. The number of imidazole rings is 1. The minimum Gasteiger partial charge on any atom is -0.379 e. The van der Waals surface area contributed by atoms with E-state index >= 15 is 0 Å². The molecule has 3 unspecified atom stereocenters. The summed E-state index contributed by atoms with van der Waals surface area (Å²) >= 11 is 0. The number of aromatic amines is 1. The Labute approximate surface area is 147 Å². The Hall–Kier alpha value is -1.62. The van der Waals surface area contributed by atoms with Crippen LogP contribution in [-0.4, -0.2) is 68.7 Å². The zero-order valence-electron chi connectivity index (χ0n) is 14.2. The van der Waals surface area contributed by atoms with E-state index in [1.165, 1.54) is 12.7 Å². The smallest absolute Gasteiger partial charge is 0.325 e. The fourth-order valence-corrected chi connectivity index (χ4v) is 4.14. The molecular formula is C14H19N4O7P. The maximum absolute atomic E-state index is 11.9. The van der Waals surface area contributed by atoms with Gasteiger partial charge in [-0.05, 0) is 6.92 Å². The van der Waals surface area contributed by atoms with Gasteiger partial charge in [0.1, 0.15) is 17.8 Å². The Kier molecular flexibility index (Phi) is 4.25. The standard InChI is InChI=1S/C14H19N4O7P/c1-3-22-4-14-5-23-9(10(14)25-26(2,20)21)13(24-14)18-7-17-8-11(18)15-6-16-12(8)19/h6-7,9-10,13H,3-5H2,1-2H3,(H,20,21)(H,15,16,19)/t9?,10?,13-,14+/m1/s1. The normalized spacial score (nSPS) is 33.0. The van der Waals surface area contributed by atoms with Crippen LogP contribution in [0.25, 0.3) is 11.2 Å². The summed E-state index contributed by atoms with van der Waals surface area (Å²) in [7, 11) is -3.79. The van der Waals surface area contributed by atoms with Crippen LogP contribution >= 0.6 is 7.60 Å². The molecular weight excluding hydrogens is 367 g/mol. The van der Waals surface area contributed by atoms with Crippen molar-refractivity contribution in [1.29, 1.82) is 0 Å². The van der Waals surface area contributed by atoms with Gasteiger partial charge in [0.25, 0.3) is 5.56 Å². The number of H-pyrrole nitrogens is 1. The topological polar surface area (TPSA) is 138 Å². The third-order valence-electron chi connectivity index (χ3n) is 4.47. The van der Waals surface area contributed by atoms with E-state index in [-0.39, 0.29) is 24.3 Å². The maximum Gasteiger partial charge on any atom is 0.325 e. The van der Waals surface area contributed by atoms with Crippen LogP contribution in [0.2, 0.25) is 0 Å². The molecule has 26 heavy (non-hydrogen) atoms. The molecule has 4 rings (SSSR count). The van der Waals surface area contributed by atoms with Crippen molar-refractivity contribution in [2.75, 3.05) is 26.5 Å². The zero-order valence-corrected chi connectivity index (χ0v) is 15.1. The Bertz CT molecular complexity index is 923. The van der Waals surface area contributed by atoms with Gasteiger partial charge in [-0.1, -0.05) is 0 Å². The molecule has 2 bridgehead atoms. The molecule has 0 amide bonds. The van der Waals surface area contributed by atoms with Crippen molar-refractivity contribution < 1.29 is 28.2 Å². The van der Waals surface area contributed by atoms with E-state index in [2.05, 4.69) is 15.0 Å². The quantitative estimate of drug-likeness (QED) is 0.658. The van der Waals surface area contributed by atoms with Gasteiger partial charge in [0.2, 0.25) is 0 Å². The van der Waals surface area contributed by atoms with Gasteiger partial charge in [-0.3, -0.25) is 18.5 Å². The van der Waals surface area contributed by atoms with Crippen molar-refractivity contribution in [2.45, 2.75) is 31.0 Å². The van der Waals surface area contributed by atoms with Gasteiger partial charge in [-0.2, -0.15) is 0 Å². The van der Waals surface area contributed by atoms with Gasteiger partial charge in [0, 0.05) is 13.3 Å². The molecule has 142 valence electrons. The molecule has 0 spiro atoms. The van der Waals surface area contributed by atoms with Crippen LogP contribution < -0.4 is 5.56 Å². The Morgan fingerprint density at radius 1 is 1.54 bits per heavy atom. The van der Waals surface area contributed by atoms with Crippen LogP contribution in [0.4, 0.5) is 0 Å². The Morgan fingerprint density at radius 2 is 2.35 bits per heavy atom. The van der Waals surface area contributed by atoms with E-state index in [0.717, 1.165) is 6.66 Å². The van der Waals surface area contributed by atoms with Crippen LogP contribution in [0.3, 0.4) is 0 Å². The number of hydrogen-bond acceptors (Lipinski definition) is 8. The molecule has 0 saturated carbocycles. The lowest BCUT2D eigenvalue weighted by molar-refractivity contribution is -0.190. The number of nitrogens with zero attached hydrogens (tertiary/aromatic N) is 3. The molecule has 11 nitrogen and oxygen atoms in total. The van der Waals surface area contributed by atoms with Gasteiger partial charge >= 0.3 is 7.60 Å². The summed E-state index contributed by atoms with van der Waals surface area (Å²) < 4.78 is 36.3. The summed E-state index contributed by atoms with van der Waals surface area (Å²) in [5, 5.41) is 0. The second-order valence-electron chi connectivity index (χ2n) is 6.37. The molecule has 12 heteroatoms. The lowest BCUT2D eigenvalue weighted by Gasteiger charge is -2.31. The minimum absolute atomic E-state index is 0.141. The number of rotatable bonds is 6. The number of ether oxygens (including phenoxy) is 3. The molecule has 5 atom stereocenters. The number of aromatic nitrogens is 4. The number of nitrogens with one attached hydrogen (secondary N) is 1. The summed E-state index contributed by atoms with van der Waals surface area (Å²) in [5.74, 6) is 0. The molecule has 0 aliphatic carbocycles. The summed E-state index contributed by atoms with van der Waals surface area (Å²) in [6.07, 6.45) is 0.501. The molecule has 2 aliphatic heterocycles. The average molecular weight is 386 g/mol. The predicted octanol–water partition coefficient (Wildman–Crippen LogP) is 0.0229. The van der Waals surface area contributed by atoms with Crippen molar-refractivity contribution in [2.24, 2.45) is 0 Å². The lowest BCUT2D eigenvalue weighted by atomic mass is 10.0. The van der Waals surface area contributed by atoms with Crippen molar-refractivity contribution in [3.63, 3.8) is 0 Å². The van der Waals surface area contributed by atoms with E-state index < -0.39 is 31.6 Å². The molecule has 0 aromatic carbocycles. The highest BCUT2D eigenvalue weighted by Gasteiger charge is 2.64. The van der Waals surface area contributed by atoms with Crippen molar-refractivity contribution in [3.05, 3.63) is 23.0 Å².